The molecule has 1 rings (SSSR count). The Morgan fingerprint density at radius 3 is 2.50 bits per heavy atom. The second kappa shape index (κ2) is 5.59. The van der Waals surface area contributed by atoms with Crippen LogP contribution in [0, 0.1) is 0 Å². The Bertz CT molecular complexity index is 439. The van der Waals surface area contributed by atoms with E-state index in [1.807, 2.05) is 13.0 Å². The zero-order valence-electron chi connectivity index (χ0n) is 11.1. The van der Waals surface area contributed by atoms with Gasteiger partial charge in [0, 0.05) is 6.04 Å². The zero-order valence-corrected chi connectivity index (χ0v) is 11.8. The fourth-order valence-corrected chi connectivity index (χ4v) is 1.57. The van der Waals surface area contributed by atoms with E-state index < -0.39 is 11.7 Å². The van der Waals surface area contributed by atoms with E-state index in [1.54, 1.807) is 32.9 Å². The summed E-state index contributed by atoms with van der Waals surface area (Å²) in [6.45, 7) is 7.26. The molecule has 1 unspecified atom stereocenters. The summed E-state index contributed by atoms with van der Waals surface area (Å²) in [7, 11) is 0. The van der Waals surface area contributed by atoms with Crippen LogP contribution in [0.25, 0.3) is 0 Å². The number of hydrogen-bond donors (Lipinski definition) is 2. The number of halogens is 1. The van der Waals surface area contributed by atoms with Gasteiger partial charge in [0.15, 0.2) is 0 Å². The van der Waals surface area contributed by atoms with Gasteiger partial charge in [-0.25, -0.2) is 4.79 Å². The molecule has 0 heterocycles. The van der Waals surface area contributed by atoms with Crippen molar-refractivity contribution in [3.05, 3.63) is 28.8 Å². The molecular weight excluding hydrogens is 252 g/mol. The van der Waals surface area contributed by atoms with Crippen molar-refractivity contribution in [1.82, 2.24) is 0 Å². The van der Waals surface area contributed by atoms with Crippen LogP contribution in [0.5, 0.6) is 0 Å². The normalized spacial score (nSPS) is 13.0. The first-order valence-corrected chi connectivity index (χ1v) is 6.12. The monoisotopic (exact) mass is 270 g/mol. The number of rotatable bonds is 2. The third-order valence-electron chi connectivity index (χ3n) is 2.15. The van der Waals surface area contributed by atoms with Gasteiger partial charge in [-0.15, -0.1) is 0 Å². The van der Waals surface area contributed by atoms with Crippen molar-refractivity contribution in [3.63, 3.8) is 0 Å². The maximum atomic E-state index is 11.6. The van der Waals surface area contributed by atoms with Gasteiger partial charge in [0.2, 0.25) is 0 Å². The molecule has 3 N–H and O–H groups in total. The standard InChI is InChI=1S/C13H19ClN2O2/c1-8(15)9-5-6-11(10(14)7-9)16-12(17)18-13(2,3)4/h5-8H,15H2,1-4H3,(H,16,17). The highest BCUT2D eigenvalue weighted by Crippen LogP contribution is 2.25. The molecule has 0 aliphatic heterocycles. The van der Waals surface area contributed by atoms with Gasteiger partial charge in [0.1, 0.15) is 5.60 Å². The quantitative estimate of drug-likeness (QED) is 0.861. The second-order valence-corrected chi connectivity index (χ2v) is 5.56. The number of carbonyl (C=O) groups is 1. The van der Waals surface area contributed by atoms with Gasteiger partial charge in [0.05, 0.1) is 10.7 Å². The van der Waals surface area contributed by atoms with E-state index in [1.165, 1.54) is 0 Å². The lowest BCUT2D eigenvalue weighted by atomic mass is 10.1. The van der Waals surface area contributed by atoms with Crippen LogP contribution in [-0.2, 0) is 4.74 Å². The molecule has 0 fully saturated rings. The minimum Gasteiger partial charge on any atom is -0.444 e. The molecule has 0 aromatic heterocycles. The molecule has 100 valence electrons. The van der Waals surface area contributed by atoms with E-state index in [9.17, 15) is 4.79 Å². The topological polar surface area (TPSA) is 64.3 Å². The lowest BCUT2D eigenvalue weighted by molar-refractivity contribution is 0.0636. The first kappa shape index (κ1) is 14.8. The van der Waals surface area contributed by atoms with Gasteiger partial charge >= 0.3 is 6.09 Å². The van der Waals surface area contributed by atoms with Crippen molar-refractivity contribution in [3.8, 4) is 0 Å². The number of amides is 1. The highest BCUT2D eigenvalue weighted by Gasteiger charge is 2.17. The molecule has 0 saturated heterocycles. The first-order valence-electron chi connectivity index (χ1n) is 5.74. The Balaban J connectivity index is 2.77. The van der Waals surface area contributed by atoms with Crippen molar-refractivity contribution in [2.24, 2.45) is 5.73 Å². The third kappa shape index (κ3) is 4.55. The minimum absolute atomic E-state index is 0.0990. The van der Waals surface area contributed by atoms with Gasteiger partial charge in [-0.1, -0.05) is 17.7 Å². The fraction of sp³-hybridized carbons (Fsp3) is 0.462. The first-order chi connectivity index (χ1) is 8.19. The van der Waals surface area contributed by atoms with Crippen LogP contribution in [-0.4, -0.2) is 11.7 Å². The van der Waals surface area contributed by atoms with Crippen molar-refractivity contribution < 1.29 is 9.53 Å². The van der Waals surface area contributed by atoms with E-state index in [4.69, 9.17) is 22.1 Å². The zero-order chi connectivity index (χ0) is 13.9. The SMILES string of the molecule is CC(N)c1ccc(NC(=O)OC(C)(C)C)c(Cl)c1. The molecule has 0 bridgehead atoms. The molecular formula is C13H19ClN2O2. The predicted molar refractivity (Wildman–Crippen MR) is 73.9 cm³/mol. The van der Waals surface area contributed by atoms with Crippen molar-refractivity contribution in [2.45, 2.75) is 39.3 Å². The molecule has 18 heavy (non-hydrogen) atoms. The second-order valence-electron chi connectivity index (χ2n) is 5.15. The molecule has 0 radical (unpaired) electrons. The van der Waals surface area contributed by atoms with Crippen molar-refractivity contribution in [1.29, 1.82) is 0 Å². The van der Waals surface area contributed by atoms with Crippen molar-refractivity contribution >= 4 is 23.4 Å². The van der Waals surface area contributed by atoms with Gasteiger partial charge in [0.25, 0.3) is 0 Å². The van der Waals surface area contributed by atoms with E-state index in [-0.39, 0.29) is 6.04 Å². The molecule has 1 aromatic rings. The summed E-state index contributed by atoms with van der Waals surface area (Å²) < 4.78 is 5.14. The van der Waals surface area contributed by atoms with Gasteiger partial charge in [-0.2, -0.15) is 0 Å². The Labute approximate surface area is 112 Å². The number of nitrogens with two attached hydrogens (primary N) is 1. The molecule has 0 spiro atoms. The third-order valence-corrected chi connectivity index (χ3v) is 2.47. The molecule has 1 atom stereocenters. The van der Waals surface area contributed by atoms with Crippen LogP contribution >= 0.6 is 11.6 Å². The lowest BCUT2D eigenvalue weighted by Gasteiger charge is -2.20. The summed E-state index contributed by atoms with van der Waals surface area (Å²) in [5.41, 5.74) is 6.63. The van der Waals surface area contributed by atoms with E-state index in [0.717, 1.165) is 5.56 Å². The largest absolute Gasteiger partial charge is 0.444 e. The highest BCUT2D eigenvalue weighted by molar-refractivity contribution is 6.33. The Morgan fingerprint density at radius 1 is 1.44 bits per heavy atom. The maximum Gasteiger partial charge on any atom is 0.412 e. The van der Waals surface area contributed by atoms with Crippen molar-refractivity contribution in [2.75, 3.05) is 5.32 Å². The predicted octanol–water partition coefficient (Wildman–Crippen LogP) is 3.71. The molecule has 1 amide bonds. The summed E-state index contributed by atoms with van der Waals surface area (Å²) >= 11 is 6.06. The van der Waals surface area contributed by atoms with Crippen LogP contribution in [0.1, 0.15) is 39.3 Å². The smallest absolute Gasteiger partial charge is 0.412 e. The Hall–Kier alpha value is -1.26. The van der Waals surface area contributed by atoms with Crippen LogP contribution in [0.15, 0.2) is 18.2 Å². The number of ether oxygens (including phenoxy) is 1. The number of benzene rings is 1. The summed E-state index contributed by atoms with van der Waals surface area (Å²) in [6, 6.07) is 5.17. The van der Waals surface area contributed by atoms with Crippen LogP contribution in [0.2, 0.25) is 5.02 Å². The van der Waals surface area contributed by atoms with Crippen LogP contribution < -0.4 is 11.1 Å². The van der Waals surface area contributed by atoms with Gasteiger partial charge < -0.3 is 10.5 Å². The molecule has 0 aliphatic rings. The number of anilines is 1. The van der Waals surface area contributed by atoms with E-state index in [0.29, 0.717) is 10.7 Å². The average Bonchev–Trinajstić information content (AvgIpc) is 2.17. The number of nitrogens with one attached hydrogen (secondary N) is 1. The van der Waals surface area contributed by atoms with E-state index >= 15 is 0 Å². The fourth-order valence-electron chi connectivity index (χ4n) is 1.33. The Morgan fingerprint density at radius 2 is 2.06 bits per heavy atom. The minimum atomic E-state index is -0.539. The molecule has 5 heteroatoms. The van der Waals surface area contributed by atoms with Crippen LogP contribution in [0.4, 0.5) is 10.5 Å². The molecule has 1 aromatic carbocycles. The van der Waals surface area contributed by atoms with Gasteiger partial charge in [-0.3, -0.25) is 5.32 Å². The maximum absolute atomic E-state index is 11.6. The number of carbonyl (C=O) groups excluding carboxylic acids is 1. The Kier molecular flexibility index (Phi) is 4.59. The summed E-state index contributed by atoms with van der Waals surface area (Å²) in [6.07, 6.45) is -0.530. The summed E-state index contributed by atoms with van der Waals surface area (Å²) in [4.78, 5) is 11.6. The lowest BCUT2D eigenvalue weighted by Crippen LogP contribution is -2.27. The van der Waals surface area contributed by atoms with E-state index in [2.05, 4.69) is 5.32 Å². The van der Waals surface area contributed by atoms with Gasteiger partial charge in [-0.05, 0) is 45.4 Å². The highest BCUT2D eigenvalue weighted by atomic mass is 35.5. The molecule has 0 aliphatic carbocycles. The summed E-state index contributed by atoms with van der Waals surface area (Å²) in [5.74, 6) is 0. The van der Waals surface area contributed by atoms with Crippen LogP contribution in [0.3, 0.4) is 0 Å². The summed E-state index contributed by atoms with van der Waals surface area (Å²) in [5, 5.41) is 3.04. The average molecular weight is 271 g/mol. The molecule has 0 saturated carbocycles. The number of hydrogen-bond acceptors (Lipinski definition) is 3. The molecule has 4 nitrogen and oxygen atoms in total.